The normalized spacial score (nSPS) is 16.7. The van der Waals surface area contributed by atoms with Gasteiger partial charge < -0.3 is 9.88 Å². The Morgan fingerprint density at radius 1 is 1.50 bits per heavy atom. The zero-order valence-electron chi connectivity index (χ0n) is 10.3. The van der Waals surface area contributed by atoms with Crippen LogP contribution in [-0.2, 0) is 13.1 Å². The van der Waals surface area contributed by atoms with E-state index in [1.807, 2.05) is 12.5 Å². The number of nitrogens with zero attached hydrogens (tertiary/aromatic N) is 3. The fourth-order valence-electron chi connectivity index (χ4n) is 2.18. The fraction of sp³-hybridized carbons (Fsp3) is 0.750. The van der Waals surface area contributed by atoms with Crippen LogP contribution in [0.5, 0.6) is 0 Å². The fourth-order valence-corrected chi connectivity index (χ4v) is 2.18. The average molecular weight is 222 g/mol. The molecule has 2 heterocycles. The van der Waals surface area contributed by atoms with E-state index in [1.165, 1.54) is 18.7 Å². The smallest absolute Gasteiger partial charge is 0.0948 e. The first-order valence-electron chi connectivity index (χ1n) is 6.29. The standard InChI is InChI=1S/C12H22N4/c1-3-5-16(11-6-13-7-11)9-12-8-14-10-15(12)4-2/h8,10-11,13H,3-7,9H2,1-2H3. The number of rotatable bonds is 6. The second-order valence-corrected chi connectivity index (χ2v) is 4.45. The lowest BCUT2D eigenvalue weighted by molar-refractivity contribution is 0.134. The molecule has 16 heavy (non-hydrogen) atoms. The quantitative estimate of drug-likeness (QED) is 0.782. The maximum absolute atomic E-state index is 4.23. The van der Waals surface area contributed by atoms with Crippen LogP contribution in [0.3, 0.4) is 0 Å². The molecule has 0 radical (unpaired) electrons. The Morgan fingerprint density at radius 2 is 2.31 bits per heavy atom. The van der Waals surface area contributed by atoms with Crippen molar-refractivity contribution in [2.24, 2.45) is 0 Å². The third kappa shape index (κ3) is 2.44. The van der Waals surface area contributed by atoms with Crippen molar-refractivity contribution >= 4 is 0 Å². The van der Waals surface area contributed by atoms with Crippen molar-refractivity contribution in [3.63, 3.8) is 0 Å². The van der Waals surface area contributed by atoms with Crippen LogP contribution in [0.2, 0.25) is 0 Å². The Morgan fingerprint density at radius 3 is 2.88 bits per heavy atom. The topological polar surface area (TPSA) is 33.1 Å². The van der Waals surface area contributed by atoms with Crippen LogP contribution in [0.4, 0.5) is 0 Å². The predicted molar refractivity (Wildman–Crippen MR) is 65.3 cm³/mol. The lowest BCUT2D eigenvalue weighted by atomic mass is 10.1. The second-order valence-electron chi connectivity index (χ2n) is 4.45. The molecule has 4 nitrogen and oxygen atoms in total. The van der Waals surface area contributed by atoms with E-state index in [-0.39, 0.29) is 0 Å². The summed E-state index contributed by atoms with van der Waals surface area (Å²) in [7, 11) is 0. The van der Waals surface area contributed by atoms with E-state index in [1.54, 1.807) is 0 Å². The van der Waals surface area contributed by atoms with Gasteiger partial charge in [-0.1, -0.05) is 6.92 Å². The maximum Gasteiger partial charge on any atom is 0.0948 e. The van der Waals surface area contributed by atoms with Crippen LogP contribution >= 0.6 is 0 Å². The molecule has 1 N–H and O–H groups in total. The molecule has 90 valence electrons. The Kier molecular flexibility index (Phi) is 3.96. The lowest BCUT2D eigenvalue weighted by Crippen LogP contribution is -2.57. The summed E-state index contributed by atoms with van der Waals surface area (Å²) in [6, 6.07) is 0.722. The van der Waals surface area contributed by atoms with Crippen LogP contribution in [0.25, 0.3) is 0 Å². The summed E-state index contributed by atoms with van der Waals surface area (Å²) in [5.41, 5.74) is 1.34. The molecule has 1 aromatic rings. The van der Waals surface area contributed by atoms with Gasteiger partial charge >= 0.3 is 0 Å². The molecule has 0 aliphatic carbocycles. The van der Waals surface area contributed by atoms with Gasteiger partial charge in [0, 0.05) is 38.4 Å². The predicted octanol–water partition coefficient (Wildman–Crippen LogP) is 1.09. The molecule has 0 bridgehead atoms. The molecule has 0 atom stereocenters. The third-order valence-electron chi connectivity index (χ3n) is 3.29. The van der Waals surface area contributed by atoms with Gasteiger partial charge in [0.05, 0.1) is 12.0 Å². The summed E-state index contributed by atoms with van der Waals surface area (Å²) in [5.74, 6) is 0. The maximum atomic E-state index is 4.23. The molecule has 1 aliphatic heterocycles. The minimum atomic E-state index is 0.722. The van der Waals surface area contributed by atoms with E-state index in [4.69, 9.17) is 0 Å². The van der Waals surface area contributed by atoms with Gasteiger partial charge in [0.2, 0.25) is 0 Å². The largest absolute Gasteiger partial charge is 0.334 e. The molecule has 0 unspecified atom stereocenters. The number of nitrogens with one attached hydrogen (secondary N) is 1. The minimum absolute atomic E-state index is 0.722. The lowest BCUT2D eigenvalue weighted by Gasteiger charge is -2.38. The van der Waals surface area contributed by atoms with Gasteiger partial charge in [-0.3, -0.25) is 4.90 Å². The highest BCUT2D eigenvalue weighted by Crippen LogP contribution is 2.11. The zero-order valence-corrected chi connectivity index (χ0v) is 10.3. The molecule has 0 aromatic carbocycles. The van der Waals surface area contributed by atoms with Crippen molar-refractivity contribution in [2.45, 2.75) is 39.4 Å². The Hall–Kier alpha value is -0.870. The molecule has 0 amide bonds. The molecule has 1 aromatic heterocycles. The molecule has 2 rings (SSSR count). The van der Waals surface area contributed by atoms with Gasteiger partial charge in [0.1, 0.15) is 0 Å². The Balaban J connectivity index is 1.98. The summed E-state index contributed by atoms with van der Waals surface area (Å²) in [5, 5.41) is 3.34. The average Bonchev–Trinajstić information content (AvgIpc) is 2.63. The van der Waals surface area contributed by atoms with E-state index in [2.05, 4.69) is 33.6 Å². The van der Waals surface area contributed by atoms with E-state index >= 15 is 0 Å². The molecule has 0 spiro atoms. The summed E-state index contributed by atoms with van der Waals surface area (Å²) in [6.07, 6.45) is 5.15. The van der Waals surface area contributed by atoms with Gasteiger partial charge in [-0.05, 0) is 19.9 Å². The van der Waals surface area contributed by atoms with E-state index < -0.39 is 0 Å². The molecular weight excluding hydrogens is 200 g/mol. The summed E-state index contributed by atoms with van der Waals surface area (Å²) >= 11 is 0. The molecule has 1 aliphatic rings. The second kappa shape index (κ2) is 5.46. The van der Waals surface area contributed by atoms with Crippen LogP contribution in [0.1, 0.15) is 26.0 Å². The highest BCUT2D eigenvalue weighted by atomic mass is 15.2. The Bertz CT molecular complexity index is 317. The SMILES string of the molecule is CCCN(Cc1cncn1CC)C1CNC1. The molecule has 1 saturated heterocycles. The number of imidazole rings is 1. The highest BCUT2D eigenvalue weighted by molar-refractivity contribution is 5.00. The van der Waals surface area contributed by atoms with Gasteiger partial charge in [0.25, 0.3) is 0 Å². The van der Waals surface area contributed by atoms with Gasteiger partial charge in [-0.15, -0.1) is 0 Å². The monoisotopic (exact) mass is 222 g/mol. The van der Waals surface area contributed by atoms with Gasteiger partial charge in [0.15, 0.2) is 0 Å². The van der Waals surface area contributed by atoms with Crippen molar-refractivity contribution in [1.82, 2.24) is 19.8 Å². The first kappa shape index (κ1) is 11.6. The van der Waals surface area contributed by atoms with Crippen molar-refractivity contribution in [3.8, 4) is 0 Å². The van der Waals surface area contributed by atoms with Crippen molar-refractivity contribution in [3.05, 3.63) is 18.2 Å². The van der Waals surface area contributed by atoms with E-state index in [0.717, 1.165) is 32.2 Å². The highest BCUT2D eigenvalue weighted by Gasteiger charge is 2.24. The molecule has 1 fully saturated rings. The van der Waals surface area contributed by atoms with Crippen molar-refractivity contribution in [2.75, 3.05) is 19.6 Å². The van der Waals surface area contributed by atoms with Gasteiger partial charge in [-0.2, -0.15) is 0 Å². The number of aryl methyl sites for hydroxylation is 1. The first-order valence-corrected chi connectivity index (χ1v) is 6.29. The van der Waals surface area contributed by atoms with E-state index in [9.17, 15) is 0 Å². The minimum Gasteiger partial charge on any atom is -0.334 e. The summed E-state index contributed by atoms with van der Waals surface area (Å²) in [4.78, 5) is 6.80. The van der Waals surface area contributed by atoms with Crippen molar-refractivity contribution in [1.29, 1.82) is 0 Å². The first-order chi connectivity index (χ1) is 7.85. The molecule has 4 heteroatoms. The van der Waals surface area contributed by atoms with Crippen LogP contribution in [-0.4, -0.2) is 40.1 Å². The number of hydrogen-bond acceptors (Lipinski definition) is 3. The van der Waals surface area contributed by atoms with Crippen LogP contribution in [0.15, 0.2) is 12.5 Å². The summed E-state index contributed by atoms with van der Waals surface area (Å²) in [6.45, 7) is 9.92. The molecule has 0 saturated carbocycles. The number of hydrogen-bond donors (Lipinski definition) is 1. The zero-order chi connectivity index (χ0) is 11.4. The molecular formula is C12H22N4. The van der Waals surface area contributed by atoms with E-state index in [0.29, 0.717) is 0 Å². The van der Waals surface area contributed by atoms with Crippen molar-refractivity contribution < 1.29 is 0 Å². The van der Waals surface area contributed by atoms with Crippen LogP contribution in [0, 0.1) is 0 Å². The third-order valence-corrected chi connectivity index (χ3v) is 3.29. The van der Waals surface area contributed by atoms with Gasteiger partial charge in [-0.25, -0.2) is 4.98 Å². The summed E-state index contributed by atoms with van der Waals surface area (Å²) < 4.78 is 2.23. The Labute approximate surface area is 97.7 Å². The number of aromatic nitrogens is 2. The van der Waals surface area contributed by atoms with Crippen LogP contribution < -0.4 is 5.32 Å².